The number of benzene rings is 1. The predicted molar refractivity (Wildman–Crippen MR) is 69.2 cm³/mol. The molecule has 0 unspecified atom stereocenters. The molecule has 0 saturated carbocycles. The van der Waals surface area contributed by atoms with Crippen molar-refractivity contribution in [1.82, 2.24) is 4.90 Å². The molecule has 0 aromatic heterocycles. The van der Waals surface area contributed by atoms with Crippen molar-refractivity contribution in [2.45, 2.75) is 6.18 Å². The number of likely N-dealkylation sites (tertiary alicyclic amines) is 1. The first-order valence-corrected chi connectivity index (χ1v) is 6.00. The van der Waals surface area contributed by atoms with E-state index in [0.29, 0.717) is 12.5 Å². The lowest BCUT2D eigenvalue weighted by molar-refractivity contribution is -0.137. The van der Waals surface area contributed by atoms with Crippen LogP contribution in [-0.2, 0) is 6.18 Å². The number of hydrogen-bond donors (Lipinski definition) is 0. The molecule has 1 fully saturated rings. The molecule has 1 aromatic carbocycles. The van der Waals surface area contributed by atoms with Gasteiger partial charge in [0.1, 0.15) is 0 Å². The van der Waals surface area contributed by atoms with E-state index in [4.69, 9.17) is 6.42 Å². The Balaban J connectivity index is 1.89. The number of nitrogens with zero attached hydrogens (tertiary/aromatic N) is 1. The Morgan fingerprint density at radius 3 is 2.42 bits per heavy atom. The maximum Gasteiger partial charge on any atom is 0.416 e. The van der Waals surface area contributed by atoms with Gasteiger partial charge in [0.25, 0.3) is 0 Å². The second kappa shape index (κ2) is 5.50. The average Bonchev–Trinajstić information content (AvgIpc) is 2.31. The van der Waals surface area contributed by atoms with E-state index in [-0.39, 0.29) is 0 Å². The number of hydrogen-bond acceptors (Lipinski definition) is 1. The van der Waals surface area contributed by atoms with Crippen LogP contribution in [0.3, 0.4) is 0 Å². The van der Waals surface area contributed by atoms with E-state index < -0.39 is 11.7 Å². The standard InChI is InChI=1S/C15H14F3N/c1-2-9-19-10-13(11-19)4-3-12-5-7-14(8-6-12)15(16,17)18/h1,3-8,13H,9-11H2/b4-3+. The van der Waals surface area contributed by atoms with Crippen LogP contribution in [0, 0.1) is 18.3 Å². The summed E-state index contributed by atoms with van der Waals surface area (Å²) in [7, 11) is 0. The van der Waals surface area contributed by atoms with Gasteiger partial charge in [-0.1, -0.05) is 30.2 Å². The Kier molecular flexibility index (Phi) is 3.96. The molecular weight excluding hydrogens is 251 g/mol. The highest BCUT2D eigenvalue weighted by Crippen LogP contribution is 2.29. The SMILES string of the molecule is C#CCN1CC(/C=C/c2ccc(C(F)(F)F)cc2)C1. The molecule has 0 radical (unpaired) electrons. The van der Waals surface area contributed by atoms with Gasteiger partial charge in [0, 0.05) is 19.0 Å². The van der Waals surface area contributed by atoms with Crippen molar-refractivity contribution < 1.29 is 13.2 Å². The zero-order valence-electron chi connectivity index (χ0n) is 10.3. The second-order valence-corrected chi connectivity index (χ2v) is 4.64. The van der Waals surface area contributed by atoms with Crippen LogP contribution in [0.1, 0.15) is 11.1 Å². The third-order valence-electron chi connectivity index (χ3n) is 3.10. The average molecular weight is 265 g/mol. The Bertz CT molecular complexity index is 488. The van der Waals surface area contributed by atoms with Crippen LogP contribution in [0.4, 0.5) is 13.2 Å². The first-order chi connectivity index (χ1) is 8.99. The van der Waals surface area contributed by atoms with E-state index in [1.165, 1.54) is 12.1 Å². The number of terminal acetylenes is 1. The van der Waals surface area contributed by atoms with E-state index in [9.17, 15) is 13.2 Å². The molecular formula is C15H14F3N. The third kappa shape index (κ3) is 3.62. The van der Waals surface area contributed by atoms with E-state index in [2.05, 4.69) is 10.8 Å². The number of alkyl halides is 3. The van der Waals surface area contributed by atoms with Gasteiger partial charge >= 0.3 is 6.18 Å². The Morgan fingerprint density at radius 2 is 1.89 bits per heavy atom. The number of rotatable bonds is 3. The molecule has 1 aromatic rings. The van der Waals surface area contributed by atoms with Crippen LogP contribution in [0.2, 0.25) is 0 Å². The Hall–Kier alpha value is -1.73. The summed E-state index contributed by atoms with van der Waals surface area (Å²) in [6, 6.07) is 5.17. The summed E-state index contributed by atoms with van der Waals surface area (Å²) in [6.45, 7) is 2.49. The molecule has 1 aliphatic heterocycles. The van der Waals surface area contributed by atoms with Crippen molar-refractivity contribution in [2.24, 2.45) is 5.92 Å². The zero-order valence-corrected chi connectivity index (χ0v) is 10.3. The molecule has 0 spiro atoms. The zero-order chi connectivity index (χ0) is 13.9. The highest BCUT2D eigenvalue weighted by molar-refractivity contribution is 5.50. The predicted octanol–water partition coefficient (Wildman–Crippen LogP) is 3.28. The van der Waals surface area contributed by atoms with Gasteiger partial charge in [-0.3, -0.25) is 4.90 Å². The molecule has 1 aliphatic rings. The fourth-order valence-corrected chi connectivity index (χ4v) is 2.02. The van der Waals surface area contributed by atoms with E-state index in [0.717, 1.165) is 30.8 Å². The van der Waals surface area contributed by atoms with Gasteiger partial charge in [-0.15, -0.1) is 6.42 Å². The Labute approximate surface area is 110 Å². The van der Waals surface area contributed by atoms with Gasteiger partial charge in [0.15, 0.2) is 0 Å². The second-order valence-electron chi connectivity index (χ2n) is 4.64. The minimum Gasteiger partial charge on any atom is -0.291 e. The summed E-state index contributed by atoms with van der Waals surface area (Å²) in [5.74, 6) is 3.02. The van der Waals surface area contributed by atoms with E-state index >= 15 is 0 Å². The van der Waals surface area contributed by atoms with Crippen LogP contribution < -0.4 is 0 Å². The molecule has 1 heterocycles. The van der Waals surface area contributed by atoms with Crippen LogP contribution in [-0.4, -0.2) is 24.5 Å². The highest BCUT2D eigenvalue weighted by Gasteiger charge is 2.29. The van der Waals surface area contributed by atoms with Crippen LogP contribution >= 0.6 is 0 Å². The summed E-state index contributed by atoms with van der Waals surface area (Å²) in [6.07, 6.45) is 4.81. The minimum absolute atomic E-state index is 0.440. The minimum atomic E-state index is -4.27. The van der Waals surface area contributed by atoms with Gasteiger partial charge in [0.05, 0.1) is 12.1 Å². The van der Waals surface area contributed by atoms with E-state index in [1.54, 1.807) is 0 Å². The van der Waals surface area contributed by atoms with Crippen molar-refractivity contribution in [1.29, 1.82) is 0 Å². The van der Waals surface area contributed by atoms with Crippen LogP contribution in [0.15, 0.2) is 30.3 Å². The smallest absolute Gasteiger partial charge is 0.291 e. The van der Waals surface area contributed by atoms with Crippen molar-refractivity contribution in [3.05, 3.63) is 41.5 Å². The van der Waals surface area contributed by atoms with Crippen molar-refractivity contribution in [3.63, 3.8) is 0 Å². The lowest BCUT2D eigenvalue weighted by Crippen LogP contribution is -2.45. The molecule has 1 saturated heterocycles. The summed E-state index contributed by atoms with van der Waals surface area (Å²) < 4.78 is 37.1. The Morgan fingerprint density at radius 1 is 1.26 bits per heavy atom. The van der Waals surface area contributed by atoms with Gasteiger partial charge in [-0.2, -0.15) is 13.2 Å². The molecule has 0 N–H and O–H groups in total. The van der Waals surface area contributed by atoms with Gasteiger partial charge in [-0.05, 0) is 17.7 Å². The van der Waals surface area contributed by atoms with Gasteiger partial charge in [-0.25, -0.2) is 0 Å². The highest BCUT2D eigenvalue weighted by atomic mass is 19.4. The molecule has 0 atom stereocenters. The summed E-state index contributed by atoms with van der Waals surface area (Å²) >= 11 is 0. The van der Waals surface area contributed by atoms with E-state index in [1.807, 2.05) is 12.2 Å². The lowest BCUT2D eigenvalue weighted by Gasteiger charge is -2.36. The fourth-order valence-electron chi connectivity index (χ4n) is 2.02. The van der Waals surface area contributed by atoms with Gasteiger partial charge in [0.2, 0.25) is 0 Å². The summed E-state index contributed by atoms with van der Waals surface area (Å²) in [5, 5.41) is 0. The topological polar surface area (TPSA) is 3.24 Å². The molecule has 1 nitrogen and oxygen atoms in total. The maximum absolute atomic E-state index is 12.4. The van der Waals surface area contributed by atoms with Crippen LogP contribution in [0.5, 0.6) is 0 Å². The monoisotopic (exact) mass is 265 g/mol. The van der Waals surface area contributed by atoms with Crippen LogP contribution in [0.25, 0.3) is 6.08 Å². The molecule has 0 amide bonds. The normalized spacial score (nSPS) is 17.4. The largest absolute Gasteiger partial charge is 0.416 e. The number of halogens is 3. The van der Waals surface area contributed by atoms with Crippen molar-refractivity contribution in [2.75, 3.05) is 19.6 Å². The molecule has 0 aliphatic carbocycles. The third-order valence-corrected chi connectivity index (χ3v) is 3.10. The molecule has 0 bridgehead atoms. The fraction of sp³-hybridized carbons (Fsp3) is 0.333. The lowest BCUT2D eigenvalue weighted by atomic mass is 9.98. The molecule has 100 valence electrons. The maximum atomic E-state index is 12.4. The molecule has 2 rings (SSSR count). The first kappa shape index (κ1) is 13.7. The quantitative estimate of drug-likeness (QED) is 0.758. The van der Waals surface area contributed by atoms with Crippen molar-refractivity contribution >= 4 is 6.08 Å². The summed E-state index contributed by atoms with van der Waals surface area (Å²) in [5.41, 5.74) is 0.164. The van der Waals surface area contributed by atoms with Gasteiger partial charge < -0.3 is 0 Å². The molecule has 19 heavy (non-hydrogen) atoms. The summed E-state index contributed by atoms with van der Waals surface area (Å²) in [4.78, 5) is 2.14. The van der Waals surface area contributed by atoms with Crippen molar-refractivity contribution in [3.8, 4) is 12.3 Å². The first-order valence-electron chi connectivity index (χ1n) is 6.00. The molecule has 4 heteroatoms.